The maximum Gasteiger partial charge on any atom is 0.309 e. The first-order chi connectivity index (χ1) is 18.3. The van der Waals surface area contributed by atoms with Gasteiger partial charge in [0.1, 0.15) is 30.5 Å². The van der Waals surface area contributed by atoms with Crippen molar-refractivity contribution >= 4 is 23.7 Å². The molecule has 0 amide bonds. The fourth-order valence-corrected chi connectivity index (χ4v) is 5.05. The number of aliphatic hydroxyl groups excluding tert-OH is 3. The molecule has 1 saturated heterocycles. The smallest absolute Gasteiger partial charge is 0.309 e. The van der Waals surface area contributed by atoms with E-state index in [-0.39, 0.29) is 25.4 Å². The van der Waals surface area contributed by atoms with Gasteiger partial charge in [0.05, 0.1) is 25.4 Å². The van der Waals surface area contributed by atoms with Gasteiger partial charge in [-0.3, -0.25) is 19.2 Å². The van der Waals surface area contributed by atoms with Gasteiger partial charge in [-0.1, -0.05) is 13.8 Å². The maximum absolute atomic E-state index is 12.5. The molecule has 0 bridgehead atoms. The van der Waals surface area contributed by atoms with Gasteiger partial charge in [-0.2, -0.15) is 0 Å². The summed E-state index contributed by atoms with van der Waals surface area (Å²) in [6, 6.07) is 0. The van der Waals surface area contributed by atoms with Crippen molar-refractivity contribution in [3.8, 4) is 0 Å². The Bertz CT molecular complexity index is 962. The Kier molecular flexibility index (Phi) is 10.1. The second kappa shape index (κ2) is 12.7. The van der Waals surface area contributed by atoms with Crippen molar-refractivity contribution in [3.63, 3.8) is 0 Å². The number of esters is 3. The fourth-order valence-electron chi connectivity index (χ4n) is 5.05. The van der Waals surface area contributed by atoms with Crippen molar-refractivity contribution in [3.05, 3.63) is 11.8 Å². The van der Waals surface area contributed by atoms with Crippen LogP contribution in [0.25, 0.3) is 0 Å². The molecule has 2 fully saturated rings. The van der Waals surface area contributed by atoms with Gasteiger partial charge < -0.3 is 48.8 Å². The average molecular weight is 561 g/mol. The largest absolute Gasteiger partial charge is 0.463 e. The minimum Gasteiger partial charge on any atom is -0.463 e. The van der Waals surface area contributed by atoms with E-state index in [4.69, 9.17) is 28.4 Å². The van der Waals surface area contributed by atoms with Crippen molar-refractivity contribution in [1.29, 1.82) is 0 Å². The molecule has 9 unspecified atom stereocenters. The van der Waals surface area contributed by atoms with Crippen molar-refractivity contribution in [2.24, 2.45) is 17.8 Å². The summed E-state index contributed by atoms with van der Waals surface area (Å²) in [4.78, 5) is 48.1. The molecule has 39 heavy (non-hydrogen) atoms. The highest BCUT2D eigenvalue weighted by molar-refractivity contribution is 5.88. The lowest BCUT2D eigenvalue weighted by Gasteiger charge is -2.41. The quantitative estimate of drug-likeness (QED) is 0.181. The number of fused-ring (bicyclic) bond motifs is 1. The molecule has 0 spiro atoms. The average Bonchev–Trinajstić information content (AvgIpc) is 3.13. The van der Waals surface area contributed by atoms with Gasteiger partial charge in [-0.15, -0.1) is 0 Å². The number of aliphatic hydroxyl groups is 4. The Morgan fingerprint density at radius 1 is 1.10 bits per heavy atom. The molecule has 0 aromatic rings. The predicted molar refractivity (Wildman–Crippen MR) is 126 cm³/mol. The van der Waals surface area contributed by atoms with Crippen LogP contribution in [-0.2, 0) is 47.6 Å². The molecule has 1 saturated carbocycles. The van der Waals surface area contributed by atoms with Crippen molar-refractivity contribution < 1.29 is 68.0 Å². The topological polar surface area (TPSA) is 205 Å². The Morgan fingerprint density at radius 2 is 1.79 bits per heavy atom. The molecule has 0 radical (unpaired) electrons. The van der Waals surface area contributed by atoms with E-state index >= 15 is 0 Å². The highest BCUT2D eigenvalue weighted by Crippen LogP contribution is 2.51. The van der Waals surface area contributed by atoms with Gasteiger partial charge >= 0.3 is 17.9 Å². The van der Waals surface area contributed by atoms with Crippen LogP contribution in [0.1, 0.15) is 40.5 Å². The van der Waals surface area contributed by atoms with Gasteiger partial charge in [-0.05, 0) is 17.9 Å². The molecule has 0 aromatic carbocycles. The van der Waals surface area contributed by atoms with Crippen LogP contribution in [0.2, 0.25) is 0 Å². The predicted octanol–water partition coefficient (Wildman–Crippen LogP) is -1.30. The first-order valence-electron chi connectivity index (χ1n) is 12.6. The second-order valence-corrected chi connectivity index (χ2v) is 10.4. The summed E-state index contributed by atoms with van der Waals surface area (Å²) in [6.45, 7) is 4.30. The summed E-state index contributed by atoms with van der Waals surface area (Å²) >= 11 is 0. The molecule has 14 nitrogen and oxygen atoms in total. The first-order valence-corrected chi connectivity index (χ1v) is 12.6. The van der Waals surface area contributed by atoms with Crippen LogP contribution in [0.4, 0.5) is 0 Å². The molecule has 4 N–H and O–H groups in total. The van der Waals surface area contributed by atoms with Crippen LogP contribution in [0.15, 0.2) is 11.8 Å². The van der Waals surface area contributed by atoms with Crippen LogP contribution in [0.3, 0.4) is 0 Å². The summed E-state index contributed by atoms with van der Waals surface area (Å²) in [5.41, 5.74) is -1.66. The zero-order valence-corrected chi connectivity index (χ0v) is 22.2. The Hall–Kier alpha value is -2.62. The van der Waals surface area contributed by atoms with Crippen LogP contribution in [-0.4, -0.2) is 107 Å². The van der Waals surface area contributed by atoms with Crippen molar-refractivity contribution in [2.45, 2.75) is 83.1 Å². The third-order valence-corrected chi connectivity index (χ3v) is 6.89. The number of Topliss-reactive ketones (excluding diaryl/α,β-unsaturated/α-hetero) is 1. The van der Waals surface area contributed by atoms with Crippen LogP contribution < -0.4 is 0 Å². The second-order valence-electron chi connectivity index (χ2n) is 10.4. The third kappa shape index (κ3) is 6.94. The van der Waals surface area contributed by atoms with Crippen LogP contribution in [0, 0.1) is 17.8 Å². The summed E-state index contributed by atoms with van der Waals surface area (Å²) in [7, 11) is 0. The number of hydrogen-bond donors (Lipinski definition) is 4. The normalized spacial score (nSPS) is 36.0. The number of hydrogen-bond acceptors (Lipinski definition) is 14. The Labute approximate surface area is 224 Å². The highest BCUT2D eigenvalue weighted by Gasteiger charge is 2.63. The van der Waals surface area contributed by atoms with E-state index in [0.29, 0.717) is 5.57 Å². The number of carbonyl (C=O) groups excluding carboxylic acids is 4. The van der Waals surface area contributed by atoms with Gasteiger partial charge in [-0.25, -0.2) is 0 Å². The van der Waals surface area contributed by atoms with Gasteiger partial charge in [0, 0.05) is 26.2 Å². The van der Waals surface area contributed by atoms with E-state index in [2.05, 4.69) is 0 Å². The van der Waals surface area contributed by atoms with E-state index in [1.165, 1.54) is 6.26 Å². The summed E-state index contributed by atoms with van der Waals surface area (Å²) in [5, 5.41) is 41.2. The molecule has 2 aliphatic heterocycles. The van der Waals surface area contributed by atoms with E-state index in [9.17, 15) is 39.6 Å². The van der Waals surface area contributed by atoms with Gasteiger partial charge in [0.25, 0.3) is 0 Å². The lowest BCUT2D eigenvalue weighted by molar-refractivity contribution is -0.255. The fraction of sp³-hybridized carbons (Fsp3) is 0.760. The minimum atomic E-state index is -2.02. The lowest BCUT2D eigenvalue weighted by Crippen LogP contribution is -2.57. The number of ether oxygens (including phenoxy) is 6. The summed E-state index contributed by atoms with van der Waals surface area (Å²) < 4.78 is 32.6. The first kappa shape index (κ1) is 30.9. The van der Waals surface area contributed by atoms with Crippen LogP contribution in [0.5, 0.6) is 0 Å². The monoisotopic (exact) mass is 560 g/mol. The van der Waals surface area contributed by atoms with Crippen LogP contribution >= 0.6 is 0 Å². The highest BCUT2D eigenvalue weighted by atomic mass is 16.7. The molecule has 14 heteroatoms. The zero-order valence-electron chi connectivity index (χ0n) is 22.2. The molecule has 3 rings (SSSR count). The Morgan fingerprint density at radius 3 is 2.38 bits per heavy atom. The molecular weight excluding hydrogens is 524 g/mol. The van der Waals surface area contributed by atoms with Gasteiger partial charge in [0.2, 0.25) is 6.29 Å². The van der Waals surface area contributed by atoms with Crippen molar-refractivity contribution in [1.82, 2.24) is 0 Å². The van der Waals surface area contributed by atoms with Gasteiger partial charge in [0.15, 0.2) is 18.2 Å². The summed E-state index contributed by atoms with van der Waals surface area (Å²) in [6.07, 6.45) is -7.63. The minimum absolute atomic E-state index is 0.00375. The molecule has 9 atom stereocenters. The number of rotatable bonds is 10. The molecule has 3 aliphatic rings. The Balaban J connectivity index is 1.88. The van der Waals surface area contributed by atoms with Crippen molar-refractivity contribution in [2.75, 3.05) is 19.8 Å². The SMILES string of the molecule is CC(=O)OCC1(O)C(OC(C)=O)CC2C(COC3OC(CO)C(O)C(=O)C3O)=COC(OC(=O)CC(C)C)C21. The molecule has 220 valence electrons. The lowest BCUT2D eigenvalue weighted by atomic mass is 9.80. The standard InChI is InChI=1S/C25H36O14/c1-11(2)5-18(29)39-23-19-15(6-17(37-13(4)28)25(19,33)10-36-12(3)27)14(8-34-23)9-35-24-22(32)21(31)20(30)16(7-26)38-24/h8,11,15-17,19-20,22-24,26,30,32-33H,5-7,9-10H2,1-4H3. The summed E-state index contributed by atoms with van der Waals surface area (Å²) in [5.74, 6) is -4.80. The molecule has 1 aliphatic carbocycles. The van der Waals surface area contributed by atoms with E-state index in [0.717, 1.165) is 13.8 Å². The van der Waals surface area contributed by atoms with E-state index < -0.39 is 91.3 Å². The number of carbonyl (C=O) groups is 4. The third-order valence-electron chi connectivity index (χ3n) is 6.89. The maximum atomic E-state index is 12.5. The number of ketones is 1. The molecular formula is C25H36O14. The van der Waals surface area contributed by atoms with E-state index in [1.54, 1.807) is 0 Å². The van der Waals surface area contributed by atoms with E-state index in [1.807, 2.05) is 13.8 Å². The zero-order chi connectivity index (χ0) is 29.1. The molecule has 2 heterocycles. The molecule has 0 aromatic heterocycles.